The molecule has 0 radical (unpaired) electrons. The molecule has 19 heavy (non-hydrogen) atoms. The first-order valence-corrected chi connectivity index (χ1v) is 8.00. The third kappa shape index (κ3) is 3.08. The molecular formula is C13H19NO4S. The van der Waals surface area contributed by atoms with Gasteiger partial charge >= 0.3 is 0 Å². The van der Waals surface area contributed by atoms with Crippen LogP contribution >= 0.6 is 0 Å². The second kappa shape index (κ2) is 5.11. The Bertz CT molecular complexity index is 559. The molecule has 0 spiro atoms. The summed E-state index contributed by atoms with van der Waals surface area (Å²) in [6, 6.07) is 3.83. The van der Waals surface area contributed by atoms with Crippen molar-refractivity contribution in [2.45, 2.75) is 32.6 Å². The van der Waals surface area contributed by atoms with Gasteiger partial charge in [0.15, 0.2) is 9.84 Å². The summed E-state index contributed by atoms with van der Waals surface area (Å²) in [6.07, 6.45) is -1.65. The molecule has 1 fully saturated rings. The molecule has 2 rings (SSSR count). The van der Waals surface area contributed by atoms with Crippen LogP contribution < -0.4 is 10.5 Å². The Morgan fingerprint density at radius 1 is 1.32 bits per heavy atom. The van der Waals surface area contributed by atoms with Crippen LogP contribution in [0.3, 0.4) is 0 Å². The zero-order valence-corrected chi connectivity index (χ0v) is 11.9. The van der Waals surface area contributed by atoms with Crippen molar-refractivity contribution in [3.8, 4) is 5.75 Å². The average Bonchev–Trinajstić information content (AvgIpc) is 2.56. The average molecular weight is 285 g/mol. The minimum absolute atomic E-state index is 0.133. The minimum atomic E-state index is -3.20. The van der Waals surface area contributed by atoms with Crippen molar-refractivity contribution in [3.63, 3.8) is 0 Å². The molecule has 2 unspecified atom stereocenters. The first-order chi connectivity index (χ1) is 8.82. The lowest BCUT2D eigenvalue weighted by molar-refractivity contribution is 0.0729. The molecule has 5 nitrogen and oxygen atoms in total. The number of aliphatic hydroxyl groups is 1. The van der Waals surface area contributed by atoms with Gasteiger partial charge in [-0.2, -0.15) is 0 Å². The van der Waals surface area contributed by atoms with Gasteiger partial charge in [-0.3, -0.25) is 0 Å². The van der Waals surface area contributed by atoms with Crippen LogP contribution in [0.4, 0.5) is 0 Å². The molecule has 6 heteroatoms. The second-order valence-electron chi connectivity index (χ2n) is 5.06. The maximum Gasteiger partial charge on any atom is 0.156 e. The lowest BCUT2D eigenvalue weighted by Gasteiger charge is -2.20. The fourth-order valence-corrected chi connectivity index (χ4v) is 4.07. The van der Waals surface area contributed by atoms with Gasteiger partial charge in [0.1, 0.15) is 18.0 Å². The third-order valence-corrected chi connectivity index (χ3v) is 4.98. The van der Waals surface area contributed by atoms with E-state index in [1.165, 1.54) is 0 Å². The largest absolute Gasteiger partial charge is 0.486 e. The van der Waals surface area contributed by atoms with Gasteiger partial charge < -0.3 is 15.6 Å². The highest BCUT2D eigenvalue weighted by Gasteiger charge is 2.38. The smallest absolute Gasteiger partial charge is 0.156 e. The SMILES string of the molecule is Cc1cc(CN)cc(C)c1OC1CS(=O)(=O)CC1O. The van der Waals surface area contributed by atoms with Gasteiger partial charge in [0.05, 0.1) is 11.5 Å². The summed E-state index contributed by atoms with van der Waals surface area (Å²) in [5, 5.41) is 9.74. The second-order valence-corrected chi connectivity index (χ2v) is 7.22. The normalized spacial score (nSPS) is 25.5. The molecule has 0 saturated carbocycles. The van der Waals surface area contributed by atoms with Crippen molar-refractivity contribution < 1.29 is 18.3 Å². The maximum absolute atomic E-state index is 11.5. The van der Waals surface area contributed by atoms with Crippen LogP contribution in [0.1, 0.15) is 16.7 Å². The first kappa shape index (κ1) is 14.3. The number of aliphatic hydroxyl groups excluding tert-OH is 1. The van der Waals surface area contributed by atoms with Crippen molar-refractivity contribution in [1.29, 1.82) is 0 Å². The van der Waals surface area contributed by atoms with Gasteiger partial charge in [0.25, 0.3) is 0 Å². The van der Waals surface area contributed by atoms with Crippen LogP contribution in [0.2, 0.25) is 0 Å². The number of ether oxygens (including phenoxy) is 1. The predicted molar refractivity (Wildman–Crippen MR) is 72.9 cm³/mol. The zero-order valence-electron chi connectivity index (χ0n) is 11.1. The molecule has 0 amide bonds. The van der Waals surface area contributed by atoms with E-state index in [1.54, 1.807) is 0 Å². The number of hydrogen-bond donors (Lipinski definition) is 2. The first-order valence-electron chi connectivity index (χ1n) is 6.18. The van der Waals surface area contributed by atoms with Gasteiger partial charge in [0.2, 0.25) is 0 Å². The molecule has 0 aromatic heterocycles. The van der Waals surface area contributed by atoms with E-state index in [1.807, 2.05) is 26.0 Å². The van der Waals surface area contributed by atoms with E-state index < -0.39 is 22.0 Å². The molecule has 1 aliphatic heterocycles. The Kier molecular flexibility index (Phi) is 3.85. The number of benzene rings is 1. The van der Waals surface area contributed by atoms with Crippen molar-refractivity contribution in [3.05, 3.63) is 28.8 Å². The van der Waals surface area contributed by atoms with Crippen LogP contribution in [-0.4, -0.2) is 37.2 Å². The molecule has 1 aliphatic rings. The summed E-state index contributed by atoms with van der Waals surface area (Å²) in [6.45, 7) is 4.22. The molecule has 1 aromatic rings. The van der Waals surface area contributed by atoms with Crippen molar-refractivity contribution in [2.24, 2.45) is 5.73 Å². The fourth-order valence-electron chi connectivity index (χ4n) is 2.40. The molecular weight excluding hydrogens is 266 g/mol. The monoisotopic (exact) mass is 285 g/mol. The zero-order chi connectivity index (χ0) is 14.2. The summed E-state index contributed by atoms with van der Waals surface area (Å²) in [5.41, 5.74) is 8.40. The van der Waals surface area contributed by atoms with E-state index in [9.17, 15) is 13.5 Å². The molecule has 0 bridgehead atoms. The number of nitrogens with two attached hydrogens (primary N) is 1. The molecule has 0 aliphatic carbocycles. The van der Waals surface area contributed by atoms with Crippen molar-refractivity contribution in [2.75, 3.05) is 11.5 Å². The van der Waals surface area contributed by atoms with E-state index in [0.717, 1.165) is 16.7 Å². The van der Waals surface area contributed by atoms with Crippen LogP contribution in [0.5, 0.6) is 5.75 Å². The van der Waals surface area contributed by atoms with Crippen LogP contribution in [-0.2, 0) is 16.4 Å². The highest BCUT2D eigenvalue weighted by Crippen LogP contribution is 2.28. The van der Waals surface area contributed by atoms with Crippen LogP contribution in [0, 0.1) is 13.8 Å². The Morgan fingerprint density at radius 2 is 1.89 bits per heavy atom. The lowest BCUT2D eigenvalue weighted by atomic mass is 10.1. The Balaban J connectivity index is 2.25. The van der Waals surface area contributed by atoms with Gasteiger partial charge in [-0.25, -0.2) is 8.42 Å². The van der Waals surface area contributed by atoms with E-state index in [0.29, 0.717) is 12.3 Å². The molecule has 106 valence electrons. The summed E-state index contributed by atoms with van der Waals surface area (Å²) < 4.78 is 28.6. The highest BCUT2D eigenvalue weighted by molar-refractivity contribution is 7.91. The topological polar surface area (TPSA) is 89.6 Å². The molecule has 1 heterocycles. The summed E-state index contributed by atoms with van der Waals surface area (Å²) in [5.74, 6) is 0.279. The van der Waals surface area contributed by atoms with Crippen LogP contribution in [0.15, 0.2) is 12.1 Å². The maximum atomic E-state index is 11.5. The van der Waals surface area contributed by atoms with E-state index in [-0.39, 0.29) is 11.5 Å². The number of aryl methyl sites for hydroxylation is 2. The van der Waals surface area contributed by atoms with Gasteiger partial charge in [-0.15, -0.1) is 0 Å². The Labute approximate surface area is 113 Å². The summed E-state index contributed by atoms with van der Waals surface area (Å²) >= 11 is 0. The predicted octanol–water partition coefficient (Wildman–Crippen LogP) is 0.299. The Morgan fingerprint density at radius 3 is 2.32 bits per heavy atom. The van der Waals surface area contributed by atoms with Gasteiger partial charge in [0, 0.05) is 6.54 Å². The number of rotatable bonds is 3. The van der Waals surface area contributed by atoms with Crippen molar-refractivity contribution >= 4 is 9.84 Å². The molecule has 2 atom stereocenters. The van der Waals surface area contributed by atoms with Gasteiger partial charge in [-0.05, 0) is 30.5 Å². The lowest BCUT2D eigenvalue weighted by Crippen LogP contribution is -2.30. The quantitative estimate of drug-likeness (QED) is 0.833. The standard InChI is InChI=1S/C13H19NO4S/c1-8-3-10(5-14)4-9(2)13(8)18-12-7-19(16,17)6-11(12)15/h3-4,11-12,15H,5-7,14H2,1-2H3. The Hall–Kier alpha value is -1.11. The number of hydrogen-bond acceptors (Lipinski definition) is 5. The third-order valence-electron chi connectivity index (χ3n) is 3.30. The van der Waals surface area contributed by atoms with E-state index in [4.69, 9.17) is 10.5 Å². The van der Waals surface area contributed by atoms with E-state index >= 15 is 0 Å². The summed E-state index contributed by atoms with van der Waals surface area (Å²) in [4.78, 5) is 0. The fraction of sp³-hybridized carbons (Fsp3) is 0.538. The van der Waals surface area contributed by atoms with E-state index in [2.05, 4.69) is 0 Å². The van der Waals surface area contributed by atoms with Crippen LogP contribution in [0.25, 0.3) is 0 Å². The van der Waals surface area contributed by atoms with Crippen molar-refractivity contribution in [1.82, 2.24) is 0 Å². The molecule has 1 aromatic carbocycles. The van der Waals surface area contributed by atoms with Gasteiger partial charge in [-0.1, -0.05) is 12.1 Å². The molecule has 1 saturated heterocycles. The summed E-state index contributed by atoms with van der Waals surface area (Å²) in [7, 11) is -3.20. The molecule has 3 N–H and O–H groups in total. The minimum Gasteiger partial charge on any atom is -0.486 e. The highest BCUT2D eigenvalue weighted by atomic mass is 32.2. The number of sulfone groups is 1.